The van der Waals surface area contributed by atoms with E-state index in [0.717, 1.165) is 0 Å². The molecule has 0 spiro atoms. The number of carbonyl (C=O) groups excluding carboxylic acids is 2. The maximum atomic E-state index is 13.3. The van der Waals surface area contributed by atoms with Gasteiger partial charge in [0, 0.05) is 25.3 Å². The third kappa shape index (κ3) is 7.23. The van der Waals surface area contributed by atoms with Gasteiger partial charge in [0.05, 0.1) is 19.6 Å². The monoisotopic (exact) mass is 325 g/mol. The van der Waals surface area contributed by atoms with Crippen molar-refractivity contribution in [1.82, 2.24) is 4.90 Å². The lowest BCUT2D eigenvalue weighted by Crippen LogP contribution is -2.34. The Morgan fingerprint density at radius 2 is 2.00 bits per heavy atom. The van der Waals surface area contributed by atoms with Crippen LogP contribution in [0, 0.1) is 5.82 Å². The molecule has 0 aliphatic heterocycles. The largest absolute Gasteiger partial charge is 0.469 e. The molecule has 0 aromatic heterocycles. The molecule has 0 heterocycles. The number of carbonyl (C=O) groups is 2. The van der Waals surface area contributed by atoms with Crippen LogP contribution < -0.4 is 0 Å². The highest BCUT2D eigenvalue weighted by Gasteiger charge is 2.17. The topological polar surface area (TPSA) is 55.8 Å². The van der Waals surface area contributed by atoms with Crippen molar-refractivity contribution in [1.29, 1.82) is 0 Å². The van der Waals surface area contributed by atoms with Crippen molar-refractivity contribution < 1.29 is 23.5 Å². The van der Waals surface area contributed by atoms with Gasteiger partial charge < -0.3 is 14.4 Å². The average molecular weight is 325 g/mol. The summed E-state index contributed by atoms with van der Waals surface area (Å²) in [5.41, 5.74) is 0.264. The highest BCUT2D eigenvalue weighted by atomic mass is 19.1. The van der Waals surface area contributed by atoms with E-state index in [9.17, 15) is 14.0 Å². The van der Waals surface area contributed by atoms with Gasteiger partial charge in [0.1, 0.15) is 5.82 Å². The summed E-state index contributed by atoms with van der Waals surface area (Å²) in [5, 5.41) is 0. The van der Waals surface area contributed by atoms with Crippen LogP contribution in [0.3, 0.4) is 0 Å². The molecule has 0 fully saturated rings. The molecule has 0 unspecified atom stereocenters. The van der Waals surface area contributed by atoms with E-state index in [2.05, 4.69) is 4.74 Å². The molecule has 0 saturated carbocycles. The quantitative estimate of drug-likeness (QED) is 0.517. The van der Waals surface area contributed by atoms with Crippen LogP contribution in [0.15, 0.2) is 24.3 Å². The third-order valence-corrected chi connectivity index (χ3v) is 3.20. The fourth-order valence-electron chi connectivity index (χ4n) is 2.02. The minimum atomic E-state index is -0.466. The fraction of sp³-hybridized carbons (Fsp3) is 0.529. The Kier molecular flexibility index (Phi) is 8.26. The van der Waals surface area contributed by atoms with Gasteiger partial charge >= 0.3 is 5.97 Å². The first kappa shape index (κ1) is 19.1. The number of halogens is 1. The van der Waals surface area contributed by atoms with Crippen molar-refractivity contribution in [3.63, 3.8) is 0 Å². The van der Waals surface area contributed by atoms with Crippen LogP contribution >= 0.6 is 0 Å². The maximum Gasteiger partial charge on any atom is 0.307 e. The Bertz CT molecular complexity index is 519. The van der Waals surface area contributed by atoms with Gasteiger partial charge in [0.25, 0.3) is 5.91 Å². The highest BCUT2D eigenvalue weighted by molar-refractivity contribution is 5.94. The lowest BCUT2D eigenvalue weighted by molar-refractivity contribution is -0.140. The van der Waals surface area contributed by atoms with Crippen LogP contribution in [-0.2, 0) is 14.3 Å². The summed E-state index contributed by atoms with van der Waals surface area (Å²) >= 11 is 0. The van der Waals surface area contributed by atoms with Gasteiger partial charge in [-0.25, -0.2) is 4.39 Å². The number of nitrogens with zero attached hydrogens (tertiary/aromatic N) is 1. The zero-order valence-corrected chi connectivity index (χ0v) is 13.9. The Morgan fingerprint density at radius 1 is 1.26 bits per heavy atom. The van der Waals surface area contributed by atoms with Crippen LogP contribution in [0.5, 0.6) is 0 Å². The van der Waals surface area contributed by atoms with Crippen LogP contribution in [0.1, 0.15) is 37.0 Å². The van der Waals surface area contributed by atoms with Gasteiger partial charge in [-0.2, -0.15) is 0 Å². The Hall–Kier alpha value is -1.95. The molecule has 0 radical (unpaired) electrons. The Morgan fingerprint density at radius 3 is 2.61 bits per heavy atom. The summed E-state index contributed by atoms with van der Waals surface area (Å²) in [5.74, 6) is -1.16. The summed E-state index contributed by atoms with van der Waals surface area (Å²) in [4.78, 5) is 25.3. The van der Waals surface area contributed by atoms with Crippen molar-refractivity contribution in [2.75, 3.05) is 26.8 Å². The van der Waals surface area contributed by atoms with E-state index in [-0.39, 0.29) is 36.5 Å². The zero-order valence-electron chi connectivity index (χ0n) is 13.9. The number of methoxy groups -OCH3 is 1. The number of benzene rings is 1. The second-order valence-corrected chi connectivity index (χ2v) is 5.40. The SMILES string of the molecule is COC(=O)CCN(CCCOC(C)C)C(=O)c1cccc(F)c1. The molecule has 23 heavy (non-hydrogen) atoms. The van der Waals surface area contributed by atoms with E-state index in [4.69, 9.17) is 4.74 Å². The summed E-state index contributed by atoms with van der Waals surface area (Å²) in [7, 11) is 1.30. The van der Waals surface area contributed by atoms with E-state index in [1.54, 1.807) is 6.07 Å². The third-order valence-electron chi connectivity index (χ3n) is 3.20. The van der Waals surface area contributed by atoms with E-state index in [1.807, 2.05) is 13.8 Å². The Labute approximate surface area is 136 Å². The first-order chi connectivity index (χ1) is 10.9. The number of ether oxygens (including phenoxy) is 2. The lowest BCUT2D eigenvalue weighted by atomic mass is 10.2. The van der Waals surface area contributed by atoms with Crippen LogP contribution in [-0.4, -0.2) is 49.7 Å². The molecule has 1 amide bonds. The van der Waals surface area contributed by atoms with Crippen molar-refractivity contribution in [2.45, 2.75) is 32.8 Å². The molecule has 0 aliphatic carbocycles. The molecule has 1 aromatic rings. The molecule has 1 aromatic carbocycles. The molecule has 5 nitrogen and oxygen atoms in total. The van der Waals surface area contributed by atoms with Crippen LogP contribution in [0.2, 0.25) is 0 Å². The van der Waals surface area contributed by atoms with E-state index < -0.39 is 5.82 Å². The number of hydrogen-bond acceptors (Lipinski definition) is 4. The summed E-state index contributed by atoms with van der Waals surface area (Å²) in [6.45, 7) is 5.05. The average Bonchev–Trinajstić information content (AvgIpc) is 2.52. The predicted molar refractivity (Wildman–Crippen MR) is 84.6 cm³/mol. The van der Waals surface area contributed by atoms with Gasteiger partial charge in [0.15, 0.2) is 0 Å². The summed E-state index contributed by atoms with van der Waals surface area (Å²) in [6.07, 6.45) is 0.862. The number of amides is 1. The minimum Gasteiger partial charge on any atom is -0.469 e. The molecular formula is C17H24FNO4. The van der Waals surface area contributed by atoms with Crippen LogP contribution in [0.25, 0.3) is 0 Å². The molecule has 6 heteroatoms. The second kappa shape index (κ2) is 9.94. The number of rotatable bonds is 9. The van der Waals surface area contributed by atoms with Gasteiger partial charge in [-0.3, -0.25) is 9.59 Å². The molecule has 0 atom stereocenters. The van der Waals surface area contributed by atoms with E-state index >= 15 is 0 Å². The summed E-state index contributed by atoms with van der Waals surface area (Å²) in [6, 6.07) is 5.52. The van der Waals surface area contributed by atoms with E-state index in [0.29, 0.717) is 19.6 Å². The fourth-order valence-corrected chi connectivity index (χ4v) is 2.02. The van der Waals surface area contributed by atoms with Gasteiger partial charge in [0.2, 0.25) is 0 Å². The van der Waals surface area contributed by atoms with Gasteiger partial charge in [-0.15, -0.1) is 0 Å². The maximum absolute atomic E-state index is 13.3. The van der Waals surface area contributed by atoms with Crippen molar-refractivity contribution >= 4 is 11.9 Å². The zero-order chi connectivity index (χ0) is 17.2. The normalized spacial score (nSPS) is 10.7. The smallest absolute Gasteiger partial charge is 0.307 e. The number of esters is 1. The van der Waals surface area contributed by atoms with Gasteiger partial charge in [-0.05, 0) is 38.5 Å². The van der Waals surface area contributed by atoms with Gasteiger partial charge in [-0.1, -0.05) is 6.07 Å². The molecule has 0 bridgehead atoms. The van der Waals surface area contributed by atoms with Crippen molar-refractivity contribution in [3.8, 4) is 0 Å². The van der Waals surface area contributed by atoms with E-state index in [1.165, 1.54) is 30.2 Å². The first-order valence-corrected chi connectivity index (χ1v) is 7.67. The first-order valence-electron chi connectivity index (χ1n) is 7.67. The standard InChI is InChI=1S/C17H24FNO4/c1-13(2)23-11-5-9-19(10-8-16(20)22-3)17(21)14-6-4-7-15(18)12-14/h4,6-7,12-13H,5,8-11H2,1-3H3. The molecule has 0 aliphatic rings. The molecule has 1 rings (SSSR count). The minimum absolute atomic E-state index is 0.0998. The summed E-state index contributed by atoms with van der Waals surface area (Å²) < 4.78 is 23.3. The number of hydrogen-bond donors (Lipinski definition) is 0. The molecular weight excluding hydrogens is 301 g/mol. The Balaban J connectivity index is 2.68. The second-order valence-electron chi connectivity index (χ2n) is 5.40. The van der Waals surface area contributed by atoms with Crippen molar-refractivity contribution in [2.24, 2.45) is 0 Å². The molecule has 0 saturated heterocycles. The van der Waals surface area contributed by atoms with Crippen LogP contribution in [0.4, 0.5) is 4.39 Å². The predicted octanol–water partition coefficient (Wildman–Crippen LogP) is 2.65. The molecule has 0 N–H and O–H groups in total. The van der Waals surface area contributed by atoms with Crippen molar-refractivity contribution in [3.05, 3.63) is 35.6 Å². The molecule has 128 valence electrons. The highest BCUT2D eigenvalue weighted by Crippen LogP contribution is 2.09. The lowest BCUT2D eigenvalue weighted by Gasteiger charge is -2.22.